The largest absolute Gasteiger partial charge is 0.192 e. The summed E-state index contributed by atoms with van der Waals surface area (Å²) in [5.74, 6) is 0. The van der Waals surface area contributed by atoms with Crippen LogP contribution in [-0.2, 0) is 0 Å². The Morgan fingerprint density at radius 1 is 0.929 bits per heavy atom. The van der Waals surface area contributed by atoms with E-state index in [0.29, 0.717) is 5.56 Å². The molecule has 140 valence electrons. The molecule has 0 spiro atoms. The Kier molecular flexibility index (Phi) is 4.60. The summed E-state index contributed by atoms with van der Waals surface area (Å²) in [5, 5.41) is 9.22. The first-order valence-corrected chi connectivity index (χ1v) is 10.4. The number of nitriles is 1. The zero-order valence-electron chi connectivity index (χ0n) is 17.3. The van der Waals surface area contributed by atoms with Gasteiger partial charge in [0, 0.05) is 5.41 Å². The lowest BCUT2D eigenvalue weighted by Gasteiger charge is -2.32. The molecule has 0 heterocycles. The lowest BCUT2D eigenvalue weighted by atomic mass is 9.70. The van der Waals surface area contributed by atoms with E-state index in [2.05, 4.69) is 76.2 Å². The number of nitrogens with zero attached hydrogens (tertiary/aromatic N) is 1. The van der Waals surface area contributed by atoms with Gasteiger partial charge in [-0.3, -0.25) is 0 Å². The van der Waals surface area contributed by atoms with Crippen molar-refractivity contribution in [2.24, 2.45) is 5.41 Å². The first-order chi connectivity index (χ1) is 13.7. The van der Waals surface area contributed by atoms with E-state index >= 15 is 0 Å². The highest BCUT2D eigenvalue weighted by Crippen LogP contribution is 2.68. The fourth-order valence-corrected chi connectivity index (χ4v) is 5.67. The van der Waals surface area contributed by atoms with Crippen LogP contribution in [0.15, 0.2) is 65.8 Å². The highest BCUT2D eigenvalue weighted by Gasteiger charge is 2.52. The molecule has 2 aliphatic carbocycles. The van der Waals surface area contributed by atoms with Crippen molar-refractivity contribution in [1.29, 1.82) is 5.26 Å². The summed E-state index contributed by atoms with van der Waals surface area (Å²) < 4.78 is 0. The van der Waals surface area contributed by atoms with Crippen molar-refractivity contribution in [2.45, 2.75) is 47.0 Å². The Morgan fingerprint density at radius 2 is 1.61 bits per heavy atom. The van der Waals surface area contributed by atoms with Gasteiger partial charge in [0.15, 0.2) is 0 Å². The van der Waals surface area contributed by atoms with Crippen LogP contribution in [-0.4, -0.2) is 0 Å². The number of allylic oxidation sites excluding steroid dienone is 6. The van der Waals surface area contributed by atoms with Crippen LogP contribution >= 0.6 is 0 Å². The summed E-state index contributed by atoms with van der Waals surface area (Å²) in [6.45, 7) is 9.10. The fourth-order valence-electron chi connectivity index (χ4n) is 5.67. The molecule has 0 saturated carbocycles. The molecular weight excluding hydrogens is 338 g/mol. The molecule has 28 heavy (non-hydrogen) atoms. The van der Waals surface area contributed by atoms with E-state index < -0.39 is 0 Å². The molecule has 4 rings (SSSR count). The molecule has 2 aliphatic rings. The van der Waals surface area contributed by atoms with Crippen LogP contribution < -0.4 is 0 Å². The molecule has 1 unspecified atom stereocenters. The number of hydrogen-bond acceptors (Lipinski definition) is 1. The first-order valence-electron chi connectivity index (χ1n) is 10.4. The number of fused-ring (bicyclic) bond motifs is 3. The minimum atomic E-state index is -0.0121. The smallest absolute Gasteiger partial charge is 0.0991 e. The van der Waals surface area contributed by atoms with E-state index in [9.17, 15) is 5.26 Å². The SMILES string of the molecule is C/C=C1\c2ccccc2C2=C(c3ccc(C#N)cc3)C(CC)=C(CC)C21CC. The number of rotatable bonds is 4. The Labute approximate surface area is 168 Å². The van der Waals surface area contributed by atoms with Gasteiger partial charge in [-0.25, -0.2) is 0 Å². The predicted octanol–water partition coefficient (Wildman–Crippen LogP) is 7.41. The molecule has 2 aromatic rings. The molecule has 0 aromatic heterocycles. The minimum absolute atomic E-state index is 0.0121. The summed E-state index contributed by atoms with van der Waals surface area (Å²) in [6.07, 6.45) is 5.50. The highest BCUT2D eigenvalue weighted by molar-refractivity contribution is 6.15. The second-order valence-corrected chi connectivity index (χ2v) is 7.61. The summed E-state index contributed by atoms with van der Waals surface area (Å²) in [6, 6.07) is 19.3. The molecule has 0 aliphatic heterocycles. The molecular formula is C27H27N. The van der Waals surface area contributed by atoms with Crippen LogP contribution in [0.1, 0.15) is 69.2 Å². The first kappa shape index (κ1) is 18.5. The molecule has 2 aromatic carbocycles. The van der Waals surface area contributed by atoms with Gasteiger partial charge in [-0.2, -0.15) is 5.26 Å². The van der Waals surface area contributed by atoms with Gasteiger partial charge in [0.05, 0.1) is 11.6 Å². The Balaban J connectivity index is 2.13. The van der Waals surface area contributed by atoms with Gasteiger partial charge in [-0.05, 0) is 77.3 Å². The standard InChI is InChI=1S/C27H27N/c1-5-20-23(6-2)27(8-4)24(7-3)21-11-9-10-12-22(21)26(27)25(20)19-15-13-18(17-28)14-16-19/h7,9-16H,5-6,8H2,1-4H3/b24-7+. The van der Waals surface area contributed by atoms with Gasteiger partial charge in [-0.1, -0.05) is 68.8 Å². The summed E-state index contributed by atoms with van der Waals surface area (Å²) >= 11 is 0. The lowest BCUT2D eigenvalue weighted by Crippen LogP contribution is -2.19. The van der Waals surface area contributed by atoms with Crippen LogP contribution in [0.4, 0.5) is 0 Å². The van der Waals surface area contributed by atoms with E-state index in [0.717, 1.165) is 19.3 Å². The maximum absolute atomic E-state index is 9.22. The molecule has 0 saturated heterocycles. The van der Waals surface area contributed by atoms with Crippen LogP contribution in [0.5, 0.6) is 0 Å². The zero-order chi connectivity index (χ0) is 19.9. The van der Waals surface area contributed by atoms with Crippen molar-refractivity contribution in [3.8, 4) is 6.07 Å². The fraction of sp³-hybridized carbons (Fsp3) is 0.296. The maximum atomic E-state index is 9.22. The monoisotopic (exact) mass is 365 g/mol. The van der Waals surface area contributed by atoms with Crippen LogP contribution in [0, 0.1) is 16.7 Å². The topological polar surface area (TPSA) is 23.8 Å². The van der Waals surface area contributed by atoms with Crippen molar-refractivity contribution in [3.63, 3.8) is 0 Å². The van der Waals surface area contributed by atoms with Gasteiger partial charge in [0.25, 0.3) is 0 Å². The Morgan fingerprint density at radius 3 is 2.14 bits per heavy atom. The zero-order valence-corrected chi connectivity index (χ0v) is 17.3. The van der Waals surface area contributed by atoms with Crippen LogP contribution in [0.2, 0.25) is 0 Å². The molecule has 0 radical (unpaired) electrons. The van der Waals surface area contributed by atoms with E-state index in [1.165, 1.54) is 39.0 Å². The van der Waals surface area contributed by atoms with Crippen molar-refractivity contribution in [3.05, 3.63) is 88.0 Å². The van der Waals surface area contributed by atoms with Crippen molar-refractivity contribution in [1.82, 2.24) is 0 Å². The maximum Gasteiger partial charge on any atom is 0.0991 e. The van der Waals surface area contributed by atoms with Gasteiger partial charge >= 0.3 is 0 Å². The molecule has 1 atom stereocenters. The van der Waals surface area contributed by atoms with Crippen LogP contribution in [0.25, 0.3) is 16.7 Å². The van der Waals surface area contributed by atoms with Gasteiger partial charge < -0.3 is 0 Å². The van der Waals surface area contributed by atoms with E-state index in [-0.39, 0.29) is 5.41 Å². The van der Waals surface area contributed by atoms with E-state index in [4.69, 9.17) is 0 Å². The summed E-state index contributed by atoms with van der Waals surface area (Å²) in [5.41, 5.74) is 12.1. The average Bonchev–Trinajstić information content (AvgIpc) is 3.20. The van der Waals surface area contributed by atoms with Crippen molar-refractivity contribution in [2.75, 3.05) is 0 Å². The third-order valence-corrected chi connectivity index (χ3v) is 6.63. The lowest BCUT2D eigenvalue weighted by molar-refractivity contribution is 0.597. The van der Waals surface area contributed by atoms with Crippen molar-refractivity contribution >= 4 is 16.7 Å². The summed E-state index contributed by atoms with van der Waals surface area (Å²) in [7, 11) is 0. The van der Waals surface area contributed by atoms with Gasteiger partial charge in [0.2, 0.25) is 0 Å². The molecule has 1 heteroatoms. The quantitative estimate of drug-likeness (QED) is 0.553. The normalized spacial score (nSPS) is 21.9. The average molecular weight is 366 g/mol. The van der Waals surface area contributed by atoms with Crippen molar-refractivity contribution < 1.29 is 0 Å². The molecule has 0 bridgehead atoms. The van der Waals surface area contributed by atoms with Gasteiger partial charge in [-0.15, -0.1) is 0 Å². The number of hydrogen-bond donors (Lipinski definition) is 0. The molecule has 0 amide bonds. The van der Waals surface area contributed by atoms with Crippen LogP contribution in [0.3, 0.4) is 0 Å². The van der Waals surface area contributed by atoms with E-state index in [1.807, 2.05) is 12.1 Å². The minimum Gasteiger partial charge on any atom is -0.192 e. The highest BCUT2D eigenvalue weighted by atomic mass is 14.5. The third-order valence-electron chi connectivity index (χ3n) is 6.63. The number of benzene rings is 2. The predicted molar refractivity (Wildman–Crippen MR) is 118 cm³/mol. The summed E-state index contributed by atoms with van der Waals surface area (Å²) in [4.78, 5) is 0. The second kappa shape index (κ2) is 6.95. The van der Waals surface area contributed by atoms with Gasteiger partial charge in [0.1, 0.15) is 0 Å². The molecule has 0 N–H and O–H groups in total. The van der Waals surface area contributed by atoms with E-state index in [1.54, 1.807) is 5.57 Å². The Hall–Kier alpha value is -2.85. The molecule has 0 fully saturated rings. The Bertz CT molecular complexity index is 1070. The third kappa shape index (κ3) is 2.24. The second-order valence-electron chi connectivity index (χ2n) is 7.61. The molecule has 1 nitrogen and oxygen atoms in total.